The average Bonchev–Trinajstić information content (AvgIpc) is 2.86. The maximum Gasteiger partial charge on any atom is 0.260 e. The number of hydrogen-bond donors (Lipinski definition) is 0. The smallest absolute Gasteiger partial charge is 0.260 e. The van der Waals surface area contributed by atoms with Gasteiger partial charge in [-0.15, -0.1) is 12.4 Å². The Kier molecular flexibility index (Phi) is 12.6. The predicted octanol–water partition coefficient (Wildman–Crippen LogP) is 5.19. The van der Waals surface area contributed by atoms with Crippen LogP contribution >= 0.6 is 12.4 Å². The van der Waals surface area contributed by atoms with Gasteiger partial charge in [0, 0.05) is 19.6 Å². The molecule has 7 heteroatoms. The Balaban J connectivity index is 0.00000408. The summed E-state index contributed by atoms with van der Waals surface area (Å²) in [5, 5.41) is 0. The largest absolute Gasteiger partial charge is 0.497 e. The zero-order valence-corrected chi connectivity index (χ0v) is 21.4. The van der Waals surface area contributed by atoms with Crippen molar-refractivity contribution in [1.29, 1.82) is 0 Å². The minimum absolute atomic E-state index is 0. The van der Waals surface area contributed by atoms with Crippen LogP contribution in [0.3, 0.4) is 0 Å². The van der Waals surface area contributed by atoms with E-state index in [0.29, 0.717) is 25.4 Å². The van der Waals surface area contributed by atoms with E-state index in [1.807, 2.05) is 53.4 Å². The highest BCUT2D eigenvalue weighted by molar-refractivity contribution is 5.85. The van der Waals surface area contributed by atoms with E-state index >= 15 is 0 Å². The first-order valence-electron chi connectivity index (χ1n) is 12.2. The Morgan fingerprint density at radius 3 is 2.35 bits per heavy atom. The van der Waals surface area contributed by atoms with Gasteiger partial charge in [-0.05, 0) is 74.3 Å². The number of methoxy groups -OCH3 is 1. The summed E-state index contributed by atoms with van der Waals surface area (Å²) in [4.78, 5) is 17.5. The molecule has 1 fully saturated rings. The third-order valence-electron chi connectivity index (χ3n) is 5.95. The van der Waals surface area contributed by atoms with E-state index in [4.69, 9.17) is 14.2 Å². The number of carbonyl (C=O) groups excluding carboxylic acids is 1. The normalized spacial score (nSPS) is 13.6. The van der Waals surface area contributed by atoms with Crippen molar-refractivity contribution in [3.8, 4) is 17.2 Å². The lowest BCUT2D eigenvalue weighted by atomic mass is 10.1. The molecule has 1 aliphatic rings. The minimum Gasteiger partial charge on any atom is -0.497 e. The van der Waals surface area contributed by atoms with Gasteiger partial charge < -0.3 is 24.0 Å². The van der Waals surface area contributed by atoms with E-state index in [-0.39, 0.29) is 24.9 Å². The first kappa shape index (κ1) is 27.8. The SMILES string of the molecule is CCCCOc1ccc(OCC(=O)N(CCN2CCCCC2)Cc2cccc(OC)c2)cc1.Cl. The van der Waals surface area contributed by atoms with Gasteiger partial charge in [-0.3, -0.25) is 4.79 Å². The molecule has 0 saturated carbocycles. The van der Waals surface area contributed by atoms with Crippen molar-refractivity contribution in [2.24, 2.45) is 0 Å². The number of rotatable bonds is 13. The Hall–Kier alpha value is -2.44. The highest BCUT2D eigenvalue weighted by atomic mass is 35.5. The summed E-state index contributed by atoms with van der Waals surface area (Å²) in [5.41, 5.74) is 1.05. The van der Waals surface area contributed by atoms with E-state index in [9.17, 15) is 4.79 Å². The summed E-state index contributed by atoms with van der Waals surface area (Å²) in [7, 11) is 1.66. The quantitative estimate of drug-likeness (QED) is 0.362. The second-order valence-corrected chi connectivity index (χ2v) is 8.53. The second kappa shape index (κ2) is 15.5. The van der Waals surface area contributed by atoms with Gasteiger partial charge in [0.2, 0.25) is 0 Å². The van der Waals surface area contributed by atoms with Crippen LogP contribution in [0.25, 0.3) is 0 Å². The van der Waals surface area contributed by atoms with Crippen LogP contribution in [0.5, 0.6) is 17.2 Å². The van der Waals surface area contributed by atoms with Crippen LogP contribution < -0.4 is 14.2 Å². The van der Waals surface area contributed by atoms with Crippen LogP contribution in [0.2, 0.25) is 0 Å². The van der Waals surface area contributed by atoms with Crippen LogP contribution in [0.15, 0.2) is 48.5 Å². The van der Waals surface area contributed by atoms with Gasteiger partial charge in [0.25, 0.3) is 5.91 Å². The summed E-state index contributed by atoms with van der Waals surface area (Å²) in [6, 6.07) is 15.4. The lowest BCUT2D eigenvalue weighted by Gasteiger charge is -2.30. The Morgan fingerprint density at radius 2 is 1.68 bits per heavy atom. The van der Waals surface area contributed by atoms with Crippen molar-refractivity contribution in [2.75, 3.05) is 46.5 Å². The molecule has 0 bridgehead atoms. The molecule has 0 atom stereocenters. The highest BCUT2D eigenvalue weighted by Gasteiger charge is 2.18. The van der Waals surface area contributed by atoms with Crippen LogP contribution in [0, 0.1) is 0 Å². The standard InChI is InChI=1S/C27H38N2O4.ClH/c1-3-4-19-32-24-11-13-25(14-12-24)33-22-27(30)29(18-17-28-15-6-5-7-16-28)21-23-9-8-10-26(20-23)31-2;/h8-14,20H,3-7,15-19,21-22H2,1-2H3;1H. The molecule has 6 nitrogen and oxygen atoms in total. The van der Waals surface area contributed by atoms with Crippen LogP contribution in [0.4, 0.5) is 0 Å². The molecule has 1 amide bonds. The first-order valence-corrected chi connectivity index (χ1v) is 12.2. The monoisotopic (exact) mass is 490 g/mol. The maximum absolute atomic E-state index is 13.1. The minimum atomic E-state index is -0.0156. The van der Waals surface area contributed by atoms with Crippen molar-refractivity contribution in [3.63, 3.8) is 0 Å². The fraction of sp³-hybridized carbons (Fsp3) is 0.519. The number of nitrogens with zero attached hydrogens (tertiary/aromatic N) is 2. The molecule has 34 heavy (non-hydrogen) atoms. The fourth-order valence-corrected chi connectivity index (χ4v) is 3.93. The number of likely N-dealkylation sites (tertiary alicyclic amines) is 1. The molecule has 188 valence electrons. The van der Waals surface area contributed by atoms with Gasteiger partial charge >= 0.3 is 0 Å². The van der Waals surface area contributed by atoms with Crippen molar-refractivity contribution in [1.82, 2.24) is 9.80 Å². The third kappa shape index (κ3) is 9.43. The van der Waals surface area contributed by atoms with Crippen LogP contribution in [-0.4, -0.2) is 62.2 Å². The lowest BCUT2D eigenvalue weighted by molar-refractivity contribution is -0.134. The molecule has 0 unspecified atom stereocenters. The van der Waals surface area contributed by atoms with E-state index in [2.05, 4.69) is 11.8 Å². The molecular formula is C27H39ClN2O4. The predicted molar refractivity (Wildman–Crippen MR) is 138 cm³/mol. The third-order valence-corrected chi connectivity index (χ3v) is 5.95. The zero-order chi connectivity index (χ0) is 23.3. The molecule has 0 aromatic heterocycles. The van der Waals surface area contributed by atoms with E-state index < -0.39 is 0 Å². The van der Waals surface area contributed by atoms with Gasteiger partial charge in [0.1, 0.15) is 17.2 Å². The Labute approximate surface area is 210 Å². The van der Waals surface area contributed by atoms with E-state index in [1.165, 1.54) is 19.3 Å². The number of piperidine rings is 1. The summed E-state index contributed by atoms with van der Waals surface area (Å²) in [6.07, 6.45) is 5.93. The second-order valence-electron chi connectivity index (χ2n) is 8.53. The molecular weight excluding hydrogens is 452 g/mol. The number of ether oxygens (including phenoxy) is 3. The van der Waals surface area contributed by atoms with Crippen LogP contribution in [0.1, 0.15) is 44.6 Å². The van der Waals surface area contributed by atoms with E-state index in [0.717, 1.165) is 49.5 Å². The molecule has 1 heterocycles. The van der Waals surface area contributed by atoms with Crippen molar-refractivity contribution < 1.29 is 19.0 Å². The number of carbonyl (C=O) groups is 1. The van der Waals surface area contributed by atoms with Gasteiger partial charge in [-0.2, -0.15) is 0 Å². The number of amides is 1. The molecule has 0 aliphatic carbocycles. The Morgan fingerprint density at radius 1 is 0.971 bits per heavy atom. The number of unbranched alkanes of at least 4 members (excludes halogenated alkanes) is 1. The van der Waals surface area contributed by atoms with Crippen molar-refractivity contribution in [2.45, 2.75) is 45.6 Å². The molecule has 3 rings (SSSR count). The first-order chi connectivity index (χ1) is 16.2. The van der Waals surface area contributed by atoms with Gasteiger partial charge in [-0.25, -0.2) is 0 Å². The summed E-state index contributed by atoms with van der Waals surface area (Å²) >= 11 is 0. The summed E-state index contributed by atoms with van der Waals surface area (Å²) in [6.45, 7) is 7.21. The number of halogens is 1. The average molecular weight is 491 g/mol. The highest BCUT2D eigenvalue weighted by Crippen LogP contribution is 2.19. The summed E-state index contributed by atoms with van der Waals surface area (Å²) < 4.78 is 16.9. The van der Waals surface area contributed by atoms with E-state index in [1.54, 1.807) is 7.11 Å². The lowest BCUT2D eigenvalue weighted by Crippen LogP contribution is -2.41. The molecule has 2 aromatic carbocycles. The molecule has 0 N–H and O–H groups in total. The fourth-order valence-electron chi connectivity index (χ4n) is 3.93. The molecule has 0 radical (unpaired) electrons. The number of benzene rings is 2. The Bertz CT molecular complexity index is 841. The molecule has 2 aromatic rings. The molecule has 1 aliphatic heterocycles. The summed E-state index contributed by atoms with van der Waals surface area (Å²) in [5.74, 6) is 2.28. The molecule has 0 spiro atoms. The van der Waals surface area contributed by atoms with Gasteiger partial charge in [-0.1, -0.05) is 31.9 Å². The van der Waals surface area contributed by atoms with Crippen molar-refractivity contribution >= 4 is 18.3 Å². The van der Waals surface area contributed by atoms with Gasteiger partial charge in [0.15, 0.2) is 6.61 Å². The topological polar surface area (TPSA) is 51.2 Å². The van der Waals surface area contributed by atoms with Crippen molar-refractivity contribution in [3.05, 3.63) is 54.1 Å². The zero-order valence-electron chi connectivity index (χ0n) is 20.5. The van der Waals surface area contributed by atoms with Gasteiger partial charge in [0.05, 0.1) is 13.7 Å². The maximum atomic E-state index is 13.1. The number of hydrogen-bond acceptors (Lipinski definition) is 5. The molecule has 1 saturated heterocycles. The van der Waals surface area contributed by atoms with Crippen LogP contribution in [-0.2, 0) is 11.3 Å².